The van der Waals surface area contributed by atoms with E-state index >= 15 is 0 Å². The number of carbonyl (C=O) groups excluding carboxylic acids is 3. The molecule has 1 atom stereocenters. The summed E-state index contributed by atoms with van der Waals surface area (Å²) in [6, 6.07) is 0. The Morgan fingerprint density at radius 2 is 0.444 bits per heavy atom. The second-order valence-electron chi connectivity index (χ2n) is 23.4. The van der Waals surface area contributed by atoms with Crippen molar-refractivity contribution < 1.29 is 28.6 Å². The lowest BCUT2D eigenvalue weighted by Crippen LogP contribution is -2.30. The molecule has 0 aromatic heterocycles. The van der Waals surface area contributed by atoms with E-state index in [0.29, 0.717) is 19.3 Å². The number of rotatable bonds is 64. The van der Waals surface area contributed by atoms with Gasteiger partial charge >= 0.3 is 17.9 Å². The summed E-state index contributed by atoms with van der Waals surface area (Å²) in [5, 5.41) is 0. The summed E-state index contributed by atoms with van der Waals surface area (Å²) in [5.74, 6) is -0.889. The molecule has 0 saturated heterocycles. The smallest absolute Gasteiger partial charge is 0.306 e. The van der Waals surface area contributed by atoms with E-state index < -0.39 is 6.10 Å². The second-order valence-corrected chi connectivity index (χ2v) is 23.4. The second kappa shape index (κ2) is 69.1. The van der Waals surface area contributed by atoms with Crippen molar-refractivity contribution in [3.8, 4) is 0 Å². The Kier molecular flexibility index (Phi) is 66.2. The van der Waals surface area contributed by atoms with E-state index in [1.165, 1.54) is 212 Å². The zero-order chi connectivity index (χ0) is 58.5. The standard InChI is InChI=1S/C75H132O6/c1-4-7-10-13-16-19-22-25-28-30-32-34-36-37-39-40-42-44-47-50-53-56-59-62-65-68-74(77)80-71-72(70-79-73(76)67-64-61-58-55-52-49-46-27-24-21-18-15-12-9-6-3)81-75(78)69-66-63-60-57-54-51-48-45-43-41-38-35-33-31-29-26-23-20-17-14-11-8-5-2/h18,21-23,25-27,30-33,38,41,46,72H,4-17,19-20,24,28-29,34-37,39-40,42-45,47-71H2,1-3H3/b21-18-,25-22-,26-23-,32-30-,33-31-,41-38-,46-27-. The van der Waals surface area contributed by atoms with E-state index in [1.807, 2.05) is 0 Å². The summed E-state index contributed by atoms with van der Waals surface area (Å²) in [7, 11) is 0. The molecule has 0 amide bonds. The summed E-state index contributed by atoms with van der Waals surface area (Å²) in [5.41, 5.74) is 0. The number of esters is 3. The zero-order valence-electron chi connectivity index (χ0n) is 53.8. The van der Waals surface area contributed by atoms with Gasteiger partial charge in [-0.15, -0.1) is 0 Å². The summed E-state index contributed by atoms with van der Waals surface area (Å²) < 4.78 is 17.0. The Morgan fingerprint density at radius 1 is 0.247 bits per heavy atom. The van der Waals surface area contributed by atoms with E-state index in [4.69, 9.17) is 14.2 Å². The molecule has 0 aliphatic heterocycles. The number of unbranched alkanes of at least 4 members (excludes halogenated alkanes) is 39. The van der Waals surface area contributed by atoms with E-state index in [0.717, 1.165) is 103 Å². The first-order chi connectivity index (χ1) is 40.0. The van der Waals surface area contributed by atoms with Gasteiger partial charge in [-0.1, -0.05) is 298 Å². The van der Waals surface area contributed by atoms with Gasteiger partial charge < -0.3 is 14.2 Å². The van der Waals surface area contributed by atoms with Crippen molar-refractivity contribution in [1.82, 2.24) is 0 Å². The maximum absolute atomic E-state index is 13.0. The summed E-state index contributed by atoms with van der Waals surface area (Å²) >= 11 is 0. The van der Waals surface area contributed by atoms with Crippen molar-refractivity contribution in [2.75, 3.05) is 13.2 Å². The van der Waals surface area contributed by atoms with Crippen molar-refractivity contribution in [2.45, 2.75) is 361 Å². The lowest BCUT2D eigenvalue weighted by Gasteiger charge is -2.18. The fraction of sp³-hybridized carbons (Fsp3) is 0.773. The highest BCUT2D eigenvalue weighted by Crippen LogP contribution is 2.17. The Balaban J connectivity index is 4.34. The monoisotopic (exact) mass is 1130 g/mol. The van der Waals surface area contributed by atoms with Crippen LogP contribution in [0.3, 0.4) is 0 Å². The van der Waals surface area contributed by atoms with Crippen LogP contribution in [0.25, 0.3) is 0 Å². The van der Waals surface area contributed by atoms with Crippen LogP contribution < -0.4 is 0 Å². The van der Waals surface area contributed by atoms with Gasteiger partial charge in [0, 0.05) is 19.3 Å². The maximum Gasteiger partial charge on any atom is 0.306 e. The minimum absolute atomic E-state index is 0.0829. The molecule has 0 bridgehead atoms. The van der Waals surface area contributed by atoms with Gasteiger partial charge in [0.05, 0.1) is 0 Å². The van der Waals surface area contributed by atoms with Crippen molar-refractivity contribution in [3.63, 3.8) is 0 Å². The van der Waals surface area contributed by atoms with Gasteiger partial charge in [0.25, 0.3) is 0 Å². The van der Waals surface area contributed by atoms with Crippen LogP contribution in [0, 0.1) is 0 Å². The van der Waals surface area contributed by atoms with E-state index in [9.17, 15) is 14.4 Å². The minimum atomic E-state index is -0.789. The molecule has 0 aromatic carbocycles. The lowest BCUT2D eigenvalue weighted by molar-refractivity contribution is -0.167. The SMILES string of the molecule is CCCCC/C=C\C/C=C\CCCCCCCC(=O)OCC(COC(=O)CCCCCCCCCCCCCCC/C=C\C/C=C\CCCCCCC)OC(=O)CCCCCCCCCC/C=C\C/C=C\C/C=C\CCCCCCC. The lowest BCUT2D eigenvalue weighted by atomic mass is 10.0. The highest BCUT2D eigenvalue weighted by atomic mass is 16.6. The first-order valence-electron chi connectivity index (χ1n) is 35.1. The molecule has 0 rings (SSSR count). The molecular weight excluding hydrogens is 997 g/mol. The maximum atomic E-state index is 13.0. The third-order valence-corrected chi connectivity index (χ3v) is 15.3. The number of ether oxygens (including phenoxy) is 3. The summed E-state index contributed by atoms with van der Waals surface area (Å²) in [6.07, 6.45) is 91.7. The van der Waals surface area contributed by atoms with Gasteiger partial charge in [-0.3, -0.25) is 14.4 Å². The molecule has 468 valence electrons. The Bertz CT molecular complexity index is 1530. The minimum Gasteiger partial charge on any atom is -0.462 e. The largest absolute Gasteiger partial charge is 0.462 e. The quantitative estimate of drug-likeness (QED) is 0.0261. The number of hydrogen-bond donors (Lipinski definition) is 0. The van der Waals surface area contributed by atoms with E-state index in [1.54, 1.807) is 0 Å². The van der Waals surface area contributed by atoms with Gasteiger partial charge in [-0.05, 0) is 122 Å². The highest BCUT2D eigenvalue weighted by Gasteiger charge is 2.19. The normalized spacial score (nSPS) is 12.6. The molecule has 0 fully saturated rings. The summed E-state index contributed by atoms with van der Waals surface area (Å²) in [4.78, 5) is 38.4. The molecule has 0 aliphatic carbocycles. The molecule has 0 heterocycles. The van der Waals surface area contributed by atoms with Crippen molar-refractivity contribution >= 4 is 17.9 Å². The third kappa shape index (κ3) is 67.3. The fourth-order valence-corrected chi connectivity index (χ4v) is 10.0. The molecule has 0 spiro atoms. The zero-order valence-corrected chi connectivity index (χ0v) is 53.8. The van der Waals surface area contributed by atoms with Crippen LogP contribution in [0.1, 0.15) is 355 Å². The van der Waals surface area contributed by atoms with Crippen molar-refractivity contribution in [2.24, 2.45) is 0 Å². The van der Waals surface area contributed by atoms with Crippen LogP contribution in [-0.4, -0.2) is 37.2 Å². The molecule has 6 heteroatoms. The molecule has 0 radical (unpaired) electrons. The van der Waals surface area contributed by atoms with Gasteiger partial charge in [-0.2, -0.15) is 0 Å². The predicted molar refractivity (Wildman–Crippen MR) is 353 cm³/mol. The van der Waals surface area contributed by atoms with Crippen LogP contribution in [0.15, 0.2) is 85.1 Å². The first-order valence-corrected chi connectivity index (χ1v) is 35.1. The van der Waals surface area contributed by atoms with Crippen LogP contribution in [0.5, 0.6) is 0 Å². The Morgan fingerprint density at radius 3 is 0.716 bits per heavy atom. The Hall–Kier alpha value is -3.41. The molecule has 6 nitrogen and oxygen atoms in total. The predicted octanol–water partition coefficient (Wildman–Crippen LogP) is 24.2. The molecule has 0 aliphatic rings. The van der Waals surface area contributed by atoms with E-state index in [2.05, 4.69) is 106 Å². The average Bonchev–Trinajstić information content (AvgIpc) is 3.47. The van der Waals surface area contributed by atoms with Crippen molar-refractivity contribution in [1.29, 1.82) is 0 Å². The number of carbonyl (C=O) groups is 3. The summed E-state index contributed by atoms with van der Waals surface area (Å²) in [6.45, 7) is 6.62. The van der Waals surface area contributed by atoms with Gasteiger partial charge in [-0.25, -0.2) is 0 Å². The van der Waals surface area contributed by atoms with Crippen LogP contribution in [0.4, 0.5) is 0 Å². The van der Waals surface area contributed by atoms with Crippen molar-refractivity contribution in [3.05, 3.63) is 85.1 Å². The molecular formula is C75H132O6. The van der Waals surface area contributed by atoms with Crippen LogP contribution in [0.2, 0.25) is 0 Å². The molecule has 0 N–H and O–H groups in total. The highest BCUT2D eigenvalue weighted by molar-refractivity contribution is 5.71. The van der Waals surface area contributed by atoms with Gasteiger partial charge in [0.2, 0.25) is 0 Å². The molecule has 81 heavy (non-hydrogen) atoms. The Labute approximate surface area is 503 Å². The van der Waals surface area contributed by atoms with E-state index in [-0.39, 0.29) is 31.1 Å². The molecule has 0 aromatic rings. The third-order valence-electron chi connectivity index (χ3n) is 15.3. The first kappa shape index (κ1) is 77.6. The number of hydrogen-bond acceptors (Lipinski definition) is 6. The topological polar surface area (TPSA) is 78.9 Å². The fourth-order valence-electron chi connectivity index (χ4n) is 10.0. The average molecular weight is 1130 g/mol. The van der Waals surface area contributed by atoms with Crippen LogP contribution >= 0.6 is 0 Å². The number of allylic oxidation sites excluding steroid dienone is 14. The van der Waals surface area contributed by atoms with Gasteiger partial charge in [0.1, 0.15) is 13.2 Å². The molecule has 1 unspecified atom stereocenters. The van der Waals surface area contributed by atoms with Crippen LogP contribution in [-0.2, 0) is 28.6 Å². The molecule has 0 saturated carbocycles. The van der Waals surface area contributed by atoms with Gasteiger partial charge in [0.15, 0.2) is 6.10 Å².